The van der Waals surface area contributed by atoms with E-state index in [0.29, 0.717) is 12.6 Å². The standard InChI is InChI=1S/C14H22N2O2/c1-11(2)16-9-12-8-15-6-5-14(12)18-10-13-4-3-7-17-13/h5-6,8,11,13,16H,3-4,7,9-10H2,1-2H3. The van der Waals surface area contributed by atoms with Crippen LogP contribution < -0.4 is 10.1 Å². The van der Waals surface area contributed by atoms with Crippen LogP contribution in [0.4, 0.5) is 0 Å². The first kappa shape index (κ1) is 13.3. The van der Waals surface area contributed by atoms with Crippen molar-refractivity contribution in [2.75, 3.05) is 13.2 Å². The molecule has 18 heavy (non-hydrogen) atoms. The second-order valence-corrected chi connectivity index (χ2v) is 4.97. The van der Waals surface area contributed by atoms with Crippen LogP contribution in [0.5, 0.6) is 5.75 Å². The normalized spacial score (nSPS) is 19.4. The number of ether oxygens (including phenoxy) is 2. The first-order valence-electron chi connectivity index (χ1n) is 6.66. The lowest BCUT2D eigenvalue weighted by molar-refractivity contribution is 0.0675. The number of hydrogen-bond acceptors (Lipinski definition) is 4. The van der Waals surface area contributed by atoms with Crippen molar-refractivity contribution in [3.05, 3.63) is 24.0 Å². The van der Waals surface area contributed by atoms with Gasteiger partial charge in [-0.1, -0.05) is 13.8 Å². The third kappa shape index (κ3) is 3.96. The molecular weight excluding hydrogens is 228 g/mol. The lowest BCUT2D eigenvalue weighted by Gasteiger charge is -2.15. The monoisotopic (exact) mass is 250 g/mol. The molecule has 0 spiro atoms. The molecule has 0 aromatic carbocycles. The lowest BCUT2D eigenvalue weighted by atomic mass is 10.2. The minimum absolute atomic E-state index is 0.254. The molecule has 0 amide bonds. The number of hydrogen-bond donors (Lipinski definition) is 1. The van der Waals surface area contributed by atoms with Crippen LogP contribution in [0.1, 0.15) is 32.3 Å². The maximum atomic E-state index is 5.85. The van der Waals surface area contributed by atoms with Crippen LogP contribution in [0.3, 0.4) is 0 Å². The third-order valence-electron chi connectivity index (χ3n) is 3.01. The lowest BCUT2D eigenvalue weighted by Crippen LogP contribution is -2.23. The Balaban J connectivity index is 1.89. The predicted octanol–water partition coefficient (Wildman–Crippen LogP) is 2.14. The highest BCUT2D eigenvalue weighted by molar-refractivity contribution is 5.30. The van der Waals surface area contributed by atoms with Crippen molar-refractivity contribution >= 4 is 0 Å². The van der Waals surface area contributed by atoms with Gasteiger partial charge in [0.05, 0.1) is 6.10 Å². The maximum absolute atomic E-state index is 5.85. The number of pyridine rings is 1. The fourth-order valence-electron chi connectivity index (χ4n) is 1.96. The molecule has 4 nitrogen and oxygen atoms in total. The van der Waals surface area contributed by atoms with Gasteiger partial charge in [-0.2, -0.15) is 0 Å². The van der Waals surface area contributed by atoms with E-state index >= 15 is 0 Å². The minimum Gasteiger partial charge on any atom is -0.490 e. The van der Waals surface area contributed by atoms with Crippen molar-refractivity contribution in [1.29, 1.82) is 0 Å². The fraction of sp³-hybridized carbons (Fsp3) is 0.643. The van der Waals surface area contributed by atoms with E-state index < -0.39 is 0 Å². The van der Waals surface area contributed by atoms with Crippen molar-refractivity contribution in [1.82, 2.24) is 10.3 Å². The topological polar surface area (TPSA) is 43.4 Å². The van der Waals surface area contributed by atoms with E-state index in [1.807, 2.05) is 12.3 Å². The summed E-state index contributed by atoms with van der Waals surface area (Å²) in [5.74, 6) is 0.911. The zero-order chi connectivity index (χ0) is 12.8. The Hall–Kier alpha value is -1.13. The first-order valence-corrected chi connectivity index (χ1v) is 6.66. The van der Waals surface area contributed by atoms with Crippen LogP contribution in [0, 0.1) is 0 Å². The highest BCUT2D eigenvalue weighted by Crippen LogP contribution is 2.19. The molecule has 2 heterocycles. The van der Waals surface area contributed by atoms with Gasteiger partial charge in [-0.25, -0.2) is 0 Å². The van der Waals surface area contributed by atoms with E-state index in [1.165, 1.54) is 0 Å². The summed E-state index contributed by atoms with van der Waals surface area (Å²) in [5.41, 5.74) is 1.10. The van der Waals surface area contributed by atoms with Crippen molar-refractivity contribution in [3.8, 4) is 5.75 Å². The van der Waals surface area contributed by atoms with E-state index in [-0.39, 0.29) is 6.10 Å². The van der Waals surface area contributed by atoms with Gasteiger partial charge in [0, 0.05) is 37.2 Å². The van der Waals surface area contributed by atoms with Crippen molar-refractivity contribution in [2.24, 2.45) is 0 Å². The largest absolute Gasteiger partial charge is 0.490 e. The van der Waals surface area contributed by atoms with E-state index in [0.717, 1.165) is 37.3 Å². The molecule has 2 rings (SSSR count). The Labute approximate surface area is 109 Å². The van der Waals surface area contributed by atoms with Crippen LogP contribution in [0.15, 0.2) is 18.5 Å². The van der Waals surface area contributed by atoms with Crippen molar-refractivity contribution in [2.45, 2.75) is 45.4 Å². The summed E-state index contributed by atoms with van der Waals surface area (Å²) in [5, 5.41) is 3.38. The molecule has 0 radical (unpaired) electrons. The molecule has 1 aromatic heterocycles. The van der Waals surface area contributed by atoms with Crippen LogP contribution in [0.2, 0.25) is 0 Å². The van der Waals surface area contributed by atoms with Crippen LogP contribution in [-0.2, 0) is 11.3 Å². The highest BCUT2D eigenvalue weighted by atomic mass is 16.5. The Morgan fingerprint density at radius 2 is 2.44 bits per heavy atom. The molecule has 1 saturated heterocycles. The Morgan fingerprint density at radius 1 is 1.56 bits per heavy atom. The summed E-state index contributed by atoms with van der Waals surface area (Å²) < 4.78 is 11.4. The SMILES string of the molecule is CC(C)NCc1cnccc1OCC1CCCO1. The summed E-state index contributed by atoms with van der Waals surface area (Å²) in [7, 11) is 0. The van der Waals surface area contributed by atoms with Gasteiger partial charge in [0.1, 0.15) is 12.4 Å². The molecule has 1 N–H and O–H groups in total. The summed E-state index contributed by atoms with van der Waals surface area (Å²) in [6.45, 7) is 6.55. The molecule has 0 saturated carbocycles. The molecular formula is C14H22N2O2. The van der Waals surface area contributed by atoms with E-state index in [1.54, 1.807) is 6.20 Å². The second-order valence-electron chi connectivity index (χ2n) is 4.97. The second kappa shape index (κ2) is 6.71. The zero-order valence-corrected chi connectivity index (χ0v) is 11.2. The molecule has 0 bridgehead atoms. The van der Waals surface area contributed by atoms with Crippen LogP contribution >= 0.6 is 0 Å². The van der Waals surface area contributed by atoms with Gasteiger partial charge in [-0.05, 0) is 18.9 Å². The zero-order valence-electron chi connectivity index (χ0n) is 11.2. The summed E-state index contributed by atoms with van der Waals surface area (Å²) in [6, 6.07) is 2.38. The molecule has 1 aromatic rings. The third-order valence-corrected chi connectivity index (χ3v) is 3.01. The smallest absolute Gasteiger partial charge is 0.127 e. The van der Waals surface area contributed by atoms with Gasteiger partial charge in [-0.15, -0.1) is 0 Å². The Bertz CT molecular complexity index is 363. The Kier molecular flexibility index (Phi) is 4.96. The molecule has 1 aliphatic rings. The van der Waals surface area contributed by atoms with Crippen molar-refractivity contribution in [3.63, 3.8) is 0 Å². The first-order chi connectivity index (χ1) is 8.75. The van der Waals surface area contributed by atoms with Gasteiger partial charge >= 0.3 is 0 Å². The van der Waals surface area contributed by atoms with Gasteiger partial charge < -0.3 is 14.8 Å². The van der Waals surface area contributed by atoms with Gasteiger partial charge in [0.2, 0.25) is 0 Å². The molecule has 1 unspecified atom stereocenters. The molecule has 4 heteroatoms. The maximum Gasteiger partial charge on any atom is 0.127 e. The molecule has 1 aliphatic heterocycles. The van der Waals surface area contributed by atoms with Crippen molar-refractivity contribution < 1.29 is 9.47 Å². The predicted molar refractivity (Wildman–Crippen MR) is 70.7 cm³/mol. The number of nitrogens with zero attached hydrogens (tertiary/aromatic N) is 1. The average molecular weight is 250 g/mol. The fourth-order valence-corrected chi connectivity index (χ4v) is 1.96. The quantitative estimate of drug-likeness (QED) is 0.840. The summed E-state index contributed by atoms with van der Waals surface area (Å²) in [4.78, 5) is 4.15. The summed E-state index contributed by atoms with van der Waals surface area (Å²) in [6.07, 6.45) is 6.13. The number of aromatic nitrogens is 1. The van der Waals surface area contributed by atoms with Gasteiger partial charge in [-0.3, -0.25) is 4.98 Å². The van der Waals surface area contributed by atoms with Crippen LogP contribution in [0.25, 0.3) is 0 Å². The highest BCUT2D eigenvalue weighted by Gasteiger charge is 2.16. The summed E-state index contributed by atoms with van der Waals surface area (Å²) >= 11 is 0. The number of rotatable bonds is 6. The van der Waals surface area contributed by atoms with Gasteiger partial charge in [0.15, 0.2) is 0 Å². The molecule has 0 aliphatic carbocycles. The molecule has 1 atom stereocenters. The van der Waals surface area contributed by atoms with Crippen LogP contribution in [-0.4, -0.2) is 30.3 Å². The van der Waals surface area contributed by atoms with Gasteiger partial charge in [0.25, 0.3) is 0 Å². The van der Waals surface area contributed by atoms with E-state index in [4.69, 9.17) is 9.47 Å². The van der Waals surface area contributed by atoms with E-state index in [9.17, 15) is 0 Å². The van der Waals surface area contributed by atoms with E-state index in [2.05, 4.69) is 24.1 Å². The Morgan fingerprint density at radius 3 is 3.17 bits per heavy atom. The number of nitrogens with one attached hydrogen (secondary N) is 1. The molecule has 1 fully saturated rings. The minimum atomic E-state index is 0.254. The molecule has 100 valence electrons. The average Bonchev–Trinajstić information content (AvgIpc) is 2.88.